The van der Waals surface area contributed by atoms with Gasteiger partial charge in [0.2, 0.25) is 0 Å². The van der Waals surface area contributed by atoms with E-state index in [1.165, 1.54) is 0 Å². The molecule has 0 aromatic rings. The molecule has 0 spiro atoms. The van der Waals surface area contributed by atoms with Crippen LogP contribution in [0.4, 0.5) is 0 Å². The Kier molecular flexibility index (Phi) is 3150. The summed E-state index contributed by atoms with van der Waals surface area (Å²) in [6, 6.07) is 0. The van der Waals surface area contributed by atoms with Crippen LogP contribution in [-0.4, -0.2) is 9.71 Å². The quantitative estimate of drug-likeness (QED) is 0.178. The molecule has 0 aliphatic carbocycles. The fourth-order valence-electron chi connectivity index (χ4n) is 0. The predicted molar refractivity (Wildman–Crippen MR) is 65.6 cm³/mol. The standard InChI is InChI=1S/2C2H6.CH4.BH.H4N2.2H3N.2H2N.U.V.2Y/c2*1-2;;;1-2;;;;;;;;/h2*1-2H3;1H4;1H;1-2H2;2*1H3;2*1H2;;;;/q;;;;;;;2*-1;;;;/i;;;1D;;;;;;;;;. The van der Waals surface area contributed by atoms with Crippen molar-refractivity contribution < 1.29 is 115 Å². The van der Waals surface area contributed by atoms with Crippen LogP contribution in [0.3, 0.4) is 0 Å². The Balaban J connectivity index is -0.000000000970. The Bertz CT molecular complexity index is 40.4. The minimum absolute atomic E-state index is 0. The summed E-state index contributed by atoms with van der Waals surface area (Å²) in [5.74, 6) is 8.00. The van der Waals surface area contributed by atoms with Gasteiger partial charge in [0.1, 0.15) is 0 Å². The molecule has 0 amide bonds. The van der Waals surface area contributed by atoms with Gasteiger partial charge < -0.3 is 24.6 Å². The summed E-state index contributed by atoms with van der Waals surface area (Å²) in [5, 5.41) is 0. The summed E-state index contributed by atoms with van der Waals surface area (Å²) in [5.41, 5.74) is 0. The number of rotatable bonds is 0. The van der Waals surface area contributed by atoms with Crippen molar-refractivity contribution in [1.82, 2.24) is 12.3 Å². The van der Waals surface area contributed by atoms with Crippen LogP contribution < -0.4 is 24.0 Å². The van der Waals surface area contributed by atoms with Gasteiger partial charge in [-0.25, -0.2) is 0 Å². The molecule has 0 bridgehead atoms. The average molecular weight is 654 g/mol. The maximum absolute atomic E-state index is 5.25. The van der Waals surface area contributed by atoms with Gasteiger partial charge in [-0.05, 0) is 1.34 Å². The van der Waals surface area contributed by atoms with Crippen LogP contribution >= 0.6 is 0 Å². The van der Waals surface area contributed by atoms with E-state index in [4.69, 9.17) is 1.34 Å². The zero-order chi connectivity index (χ0) is 8.00. The van der Waals surface area contributed by atoms with E-state index in [1.54, 1.807) is 0 Å². The fourth-order valence-corrected chi connectivity index (χ4v) is 0. The molecule has 0 aromatic carbocycles. The minimum Gasteiger partial charge on any atom is -0.693 e. The molecule has 0 saturated heterocycles. The molecule has 11 heteroatoms. The molecule has 0 aliphatic heterocycles. The Hall–Kier alpha value is 3.67. The molecule has 5 radical (unpaired) electrons. The molecule has 0 unspecified atom stereocenters. The van der Waals surface area contributed by atoms with Gasteiger partial charge in [0.05, 0.1) is 0 Å². The summed E-state index contributed by atoms with van der Waals surface area (Å²) in [4.78, 5) is 0. The zero-order valence-corrected chi connectivity index (χ0v) is 21.6. The number of hydrazine groups is 1. The SMILES string of the molecule is C.CC.CC.N.N.NN.[2H][B].[NH2-].[NH2-].[U].[V].[Y].[Y]. The Morgan fingerprint density at radius 2 is 0.812 bits per heavy atom. The van der Waals surface area contributed by atoms with E-state index in [1.807, 2.05) is 27.7 Å². The van der Waals surface area contributed by atoms with Crippen LogP contribution in [0, 0.1) is 31.1 Å². The van der Waals surface area contributed by atoms with Crippen molar-refractivity contribution in [2.75, 3.05) is 0 Å². The Labute approximate surface area is 193 Å². The second-order valence-corrected chi connectivity index (χ2v) is 0. The molecule has 0 fully saturated rings. The molecule has 0 aromatic heterocycles. The molecule has 14 N–H and O–H groups in total. The van der Waals surface area contributed by atoms with Gasteiger partial charge in [-0.1, -0.05) is 35.1 Å². The van der Waals surface area contributed by atoms with Crippen molar-refractivity contribution in [3.63, 3.8) is 0 Å². The van der Waals surface area contributed by atoms with Crippen molar-refractivity contribution in [1.29, 1.82) is 1.34 Å². The third-order valence-electron chi connectivity index (χ3n) is 0. The van der Waals surface area contributed by atoms with Crippen molar-refractivity contribution in [3.8, 4) is 0 Å². The molecule has 0 heterocycles. The van der Waals surface area contributed by atoms with E-state index >= 15 is 0 Å². The molecule has 16 heavy (non-hydrogen) atoms. The maximum atomic E-state index is 5.25. The summed E-state index contributed by atoms with van der Waals surface area (Å²) in [7, 11) is 3.75. The summed E-state index contributed by atoms with van der Waals surface area (Å²) in [6.45, 7) is 8.00. The van der Waals surface area contributed by atoms with Gasteiger partial charge >= 0.3 is 0 Å². The van der Waals surface area contributed by atoms with Gasteiger partial charge in [-0.3, -0.25) is 11.7 Å². The first-order valence-corrected chi connectivity index (χ1v) is 2.33. The fraction of sp³-hybridized carbons (Fsp3) is 1.00. The minimum atomic E-state index is 0. The summed E-state index contributed by atoms with van der Waals surface area (Å²) >= 11 is 0. The van der Waals surface area contributed by atoms with Gasteiger partial charge in [-0.2, -0.15) is 0 Å². The van der Waals surface area contributed by atoms with Gasteiger partial charge in [-0.15, -0.1) is 0 Å². The van der Waals surface area contributed by atoms with Crippen molar-refractivity contribution in [3.05, 3.63) is 12.3 Å². The average Bonchev–Trinajstić information content (AvgIpc) is 2.03. The predicted octanol–water partition coefficient (Wildman–Crippen LogP) is 2.61. The number of hydrogen-bond donors (Lipinski definition) is 4. The van der Waals surface area contributed by atoms with Crippen molar-refractivity contribution >= 4 is 8.38 Å². The molecule has 6 nitrogen and oxygen atoms in total. The third kappa shape index (κ3) is 365. The normalized spacial score (nSPS) is 1.50. The Morgan fingerprint density at radius 1 is 0.812 bits per heavy atom. The molecular weight excluding hydrogens is 622 g/mol. The largest absolute Gasteiger partial charge is 0.693 e. The van der Waals surface area contributed by atoms with Crippen LogP contribution in [0.15, 0.2) is 0 Å². The first kappa shape index (κ1) is 117. The topological polar surface area (TPSA) is 189 Å². The van der Waals surface area contributed by atoms with E-state index in [2.05, 4.69) is 20.1 Å². The van der Waals surface area contributed by atoms with E-state index < -0.39 is 0 Å². The van der Waals surface area contributed by atoms with E-state index in [0.29, 0.717) is 0 Å². The molecule has 101 valence electrons. The van der Waals surface area contributed by atoms with Crippen LogP contribution in [-0.2, 0) is 84.0 Å². The summed E-state index contributed by atoms with van der Waals surface area (Å²) < 4.78 is 5.25. The monoisotopic (exact) mass is 654 g/mol. The van der Waals surface area contributed by atoms with Crippen LogP contribution in [0.2, 0.25) is 0 Å². The Morgan fingerprint density at radius 3 is 0.812 bits per heavy atom. The first-order valence-electron chi connectivity index (χ1n) is 2.91. The van der Waals surface area contributed by atoms with Crippen LogP contribution in [0.25, 0.3) is 12.3 Å². The van der Waals surface area contributed by atoms with E-state index in [-0.39, 0.29) is 147 Å². The van der Waals surface area contributed by atoms with Crippen molar-refractivity contribution in [2.45, 2.75) is 35.1 Å². The molecule has 0 atom stereocenters. The van der Waals surface area contributed by atoms with E-state index in [9.17, 15) is 0 Å². The van der Waals surface area contributed by atoms with Crippen LogP contribution in [0.1, 0.15) is 35.1 Å². The molecule has 0 aliphatic rings. The molecule has 0 rings (SSSR count). The second kappa shape index (κ2) is 433. The first-order chi connectivity index (χ1) is 4.00. The molecular formula is C5H31BN6UVY2-2. The van der Waals surface area contributed by atoms with Gasteiger partial charge in [0.15, 0.2) is 0 Å². The van der Waals surface area contributed by atoms with Gasteiger partial charge in [0.25, 0.3) is 0 Å². The number of hydrogen-bond acceptors (Lipinski definition) is 4. The van der Waals surface area contributed by atoms with Crippen molar-refractivity contribution in [2.24, 2.45) is 11.7 Å². The zero-order valence-electron chi connectivity index (χ0n) is 11.4. The number of nitrogens with two attached hydrogens (primary N) is 4. The second-order valence-electron chi connectivity index (χ2n) is 0. The van der Waals surface area contributed by atoms with Gasteiger partial charge in [0, 0.05) is 123 Å². The van der Waals surface area contributed by atoms with Crippen LogP contribution in [0.5, 0.6) is 0 Å². The third-order valence-corrected chi connectivity index (χ3v) is 0. The molecule has 0 saturated carbocycles. The maximum Gasteiger partial charge on any atom is 0.0379 e. The van der Waals surface area contributed by atoms with E-state index in [0.717, 1.165) is 0 Å². The smallest absolute Gasteiger partial charge is 0.0379 e. The summed E-state index contributed by atoms with van der Waals surface area (Å²) in [6.07, 6.45) is 0.